The maximum absolute atomic E-state index is 10.6. The fourth-order valence-corrected chi connectivity index (χ4v) is 2.95. The Labute approximate surface area is 169 Å². The second kappa shape index (κ2) is 17.1. The maximum Gasteiger partial charge on any atom is 0.321 e. The molecule has 7 N–H and O–H groups in total. The number of carbonyl (C=O) groups is 5. The van der Waals surface area contributed by atoms with Gasteiger partial charge in [0.15, 0.2) is 0 Å². The van der Waals surface area contributed by atoms with Crippen molar-refractivity contribution in [1.82, 2.24) is 0 Å². The van der Waals surface area contributed by atoms with Gasteiger partial charge in [-0.15, -0.1) is 23.5 Å². The Kier molecular flexibility index (Phi) is 17.2. The Balaban J connectivity index is 0. The summed E-state index contributed by atoms with van der Waals surface area (Å²) in [7, 11) is 0. The van der Waals surface area contributed by atoms with Crippen LogP contribution in [-0.4, -0.2) is 93.5 Å². The predicted molar refractivity (Wildman–Crippen MR) is 101 cm³/mol. The molecule has 0 aromatic rings. The lowest BCUT2D eigenvalue weighted by molar-refractivity contribution is -0.140. The van der Waals surface area contributed by atoms with E-state index in [1.54, 1.807) is 6.92 Å². The van der Waals surface area contributed by atoms with Crippen LogP contribution in [0.2, 0.25) is 0 Å². The monoisotopic (exact) mass is 444 g/mol. The van der Waals surface area contributed by atoms with Gasteiger partial charge in [0.1, 0.15) is 29.8 Å². The number of hydrogen-bond acceptors (Lipinski definition) is 11. The molecule has 0 saturated heterocycles. The number of ether oxygens (including phenoxy) is 2. The van der Waals surface area contributed by atoms with Crippen LogP contribution in [0.15, 0.2) is 0 Å². The van der Waals surface area contributed by atoms with E-state index in [0.717, 1.165) is 11.8 Å². The summed E-state index contributed by atoms with van der Waals surface area (Å²) >= 11 is 1.99. The molecule has 4 atom stereocenters. The highest BCUT2D eigenvalue weighted by molar-refractivity contribution is 8.00. The summed E-state index contributed by atoms with van der Waals surface area (Å²) in [6, 6.07) is -1.20. The van der Waals surface area contributed by atoms with Gasteiger partial charge in [-0.2, -0.15) is 0 Å². The quantitative estimate of drug-likeness (QED) is 0.181. The molecule has 162 valence electrons. The molecule has 12 nitrogen and oxygen atoms in total. The summed E-state index contributed by atoms with van der Waals surface area (Å²) in [5, 5.41) is 24.0. The zero-order valence-corrected chi connectivity index (χ0v) is 16.6. The van der Waals surface area contributed by atoms with Crippen LogP contribution in [0.1, 0.15) is 6.92 Å². The van der Waals surface area contributed by atoms with Crippen LogP contribution in [0.4, 0.5) is 0 Å². The SMILES string of the molecule is C[C@@H](N)CS[C@H](COC=O)C(=O)O.N[C@@H](CS[C@@H](COC=O)C(=O)O)C(=O)O. The van der Waals surface area contributed by atoms with E-state index in [9.17, 15) is 24.0 Å². The second-order valence-corrected chi connectivity index (χ2v) is 7.57. The summed E-state index contributed by atoms with van der Waals surface area (Å²) in [4.78, 5) is 51.1. The third kappa shape index (κ3) is 16.2. The average molecular weight is 444 g/mol. The molecule has 28 heavy (non-hydrogen) atoms. The van der Waals surface area contributed by atoms with Crippen molar-refractivity contribution in [3.05, 3.63) is 0 Å². The molecule has 0 aromatic heterocycles. The van der Waals surface area contributed by atoms with Crippen molar-refractivity contribution in [2.75, 3.05) is 24.7 Å². The van der Waals surface area contributed by atoms with E-state index in [1.165, 1.54) is 11.8 Å². The average Bonchev–Trinajstić information content (AvgIpc) is 2.61. The highest BCUT2D eigenvalue weighted by Gasteiger charge is 2.22. The van der Waals surface area contributed by atoms with Crippen molar-refractivity contribution >= 4 is 54.4 Å². The fourth-order valence-electron chi connectivity index (χ4n) is 1.19. The molecule has 0 heterocycles. The number of rotatable bonds is 15. The number of hydrogen-bond donors (Lipinski definition) is 5. The molecule has 0 aliphatic heterocycles. The van der Waals surface area contributed by atoms with Crippen molar-refractivity contribution in [2.24, 2.45) is 11.5 Å². The number of aliphatic carboxylic acids is 3. The molecule has 0 spiro atoms. The summed E-state index contributed by atoms with van der Waals surface area (Å²) in [6.07, 6.45) is 0. The molecule has 0 rings (SSSR count). The van der Waals surface area contributed by atoms with Crippen molar-refractivity contribution in [1.29, 1.82) is 0 Å². The van der Waals surface area contributed by atoms with Gasteiger partial charge in [-0.25, -0.2) is 0 Å². The predicted octanol–water partition coefficient (Wildman–Crippen LogP) is -1.55. The van der Waals surface area contributed by atoms with Gasteiger partial charge < -0.3 is 36.3 Å². The number of carboxylic acid groups (broad SMARTS) is 3. The Morgan fingerprint density at radius 3 is 1.54 bits per heavy atom. The normalized spacial score (nSPS) is 14.2. The molecular formula is C14H24N2O10S2. The van der Waals surface area contributed by atoms with Gasteiger partial charge >= 0.3 is 17.9 Å². The van der Waals surface area contributed by atoms with Gasteiger partial charge in [0.2, 0.25) is 0 Å². The number of nitrogens with two attached hydrogens (primary N) is 2. The number of thioether (sulfide) groups is 2. The molecule has 0 saturated carbocycles. The Morgan fingerprint density at radius 1 is 0.857 bits per heavy atom. The standard InChI is InChI=1S/C7H11NO6S.C7H13NO4S/c8-4(6(10)11)2-15-5(7(12)13)1-14-3-9;1-5(8)3-13-6(7(10)11)2-12-4-9/h3-5H,1-2,8H2,(H,10,11)(H,12,13);4-6H,2-3,8H2,1H3,(H,10,11)/t4-,5-;5-,6-/m01/s1. The molecule has 0 fully saturated rings. The second-order valence-electron chi connectivity index (χ2n) is 5.10. The van der Waals surface area contributed by atoms with E-state index in [0.29, 0.717) is 5.75 Å². The molecule has 0 unspecified atom stereocenters. The molecule has 14 heteroatoms. The number of carbonyl (C=O) groups excluding carboxylic acids is 2. The first kappa shape index (κ1) is 28.2. The Morgan fingerprint density at radius 2 is 1.25 bits per heavy atom. The van der Waals surface area contributed by atoms with E-state index >= 15 is 0 Å². The zero-order valence-electron chi connectivity index (χ0n) is 15.0. The van der Waals surface area contributed by atoms with Crippen LogP contribution in [0, 0.1) is 0 Å². The molecular weight excluding hydrogens is 420 g/mol. The summed E-state index contributed by atoms with van der Waals surface area (Å²) in [6.45, 7) is 1.73. The van der Waals surface area contributed by atoms with Gasteiger partial charge in [0.05, 0.1) is 0 Å². The minimum atomic E-state index is -1.21. The van der Waals surface area contributed by atoms with E-state index in [-0.39, 0.29) is 38.0 Å². The lowest BCUT2D eigenvalue weighted by Crippen LogP contribution is -2.34. The zero-order chi connectivity index (χ0) is 22.1. The molecule has 0 radical (unpaired) electrons. The lowest BCUT2D eigenvalue weighted by Gasteiger charge is -2.12. The van der Waals surface area contributed by atoms with Crippen LogP contribution in [-0.2, 0) is 33.4 Å². The molecule has 0 amide bonds. The van der Waals surface area contributed by atoms with E-state index in [1.807, 2.05) is 0 Å². The van der Waals surface area contributed by atoms with Crippen molar-refractivity contribution in [3.63, 3.8) is 0 Å². The first-order valence-electron chi connectivity index (χ1n) is 7.60. The van der Waals surface area contributed by atoms with Crippen molar-refractivity contribution in [2.45, 2.75) is 29.5 Å². The highest BCUT2D eigenvalue weighted by atomic mass is 32.2. The smallest absolute Gasteiger partial charge is 0.321 e. The molecule has 0 aliphatic rings. The van der Waals surface area contributed by atoms with Crippen molar-refractivity contribution in [3.8, 4) is 0 Å². The van der Waals surface area contributed by atoms with E-state index in [4.69, 9.17) is 26.8 Å². The van der Waals surface area contributed by atoms with E-state index in [2.05, 4.69) is 9.47 Å². The lowest BCUT2D eigenvalue weighted by atomic mass is 10.4. The van der Waals surface area contributed by atoms with Crippen molar-refractivity contribution < 1.29 is 48.8 Å². The van der Waals surface area contributed by atoms with Crippen LogP contribution < -0.4 is 11.5 Å². The third-order valence-corrected chi connectivity index (χ3v) is 5.29. The van der Waals surface area contributed by atoms with E-state index < -0.39 is 34.4 Å². The van der Waals surface area contributed by atoms with Gasteiger partial charge in [0.25, 0.3) is 12.9 Å². The first-order valence-corrected chi connectivity index (χ1v) is 9.69. The third-order valence-electron chi connectivity index (χ3n) is 2.54. The van der Waals surface area contributed by atoms with Gasteiger partial charge in [-0.3, -0.25) is 24.0 Å². The minimum Gasteiger partial charge on any atom is -0.480 e. The Hall–Kier alpha value is -2.03. The number of carboxylic acids is 3. The summed E-state index contributed by atoms with van der Waals surface area (Å²) in [5.74, 6) is -2.91. The first-order chi connectivity index (χ1) is 13.1. The van der Waals surface area contributed by atoms with Gasteiger partial charge in [-0.1, -0.05) is 0 Å². The Bertz CT molecular complexity index is 507. The van der Waals surface area contributed by atoms with Crippen LogP contribution >= 0.6 is 23.5 Å². The summed E-state index contributed by atoms with van der Waals surface area (Å²) < 4.78 is 8.65. The maximum atomic E-state index is 10.6. The van der Waals surface area contributed by atoms with Gasteiger partial charge in [-0.05, 0) is 6.92 Å². The topological polar surface area (TPSA) is 217 Å². The molecule has 0 bridgehead atoms. The minimum absolute atomic E-state index is 0.0610. The summed E-state index contributed by atoms with van der Waals surface area (Å²) in [5.41, 5.74) is 10.6. The van der Waals surface area contributed by atoms with Crippen LogP contribution in [0.3, 0.4) is 0 Å². The molecule has 0 aromatic carbocycles. The highest BCUT2D eigenvalue weighted by Crippen LogP contribution is 2.13. The van der Waals surface area contributed by atoms with Gasteiger partial charge in [0, 0.05) is 17.5 Å². The molecule has 0 aliphatic carbocycles. The largest absolute Gasteiger partial charge is 0.480 e. The fraction of sp³-hybridized carbons (Fsp3) is 0.643. The van der Waals surface area contributed by atoms with Crippen LogP contribution in [0.25, 0.3) is 0 Å². The van der Waals surface area contributed by atoms with Crippen LogP contribution in [0.5, 0.6) is 0 Å².